The van der Waals surface area contributed by atoms with E-state index in [0.717, 1.165) is 5.56 Å². The summed E-state index contributed by atoms with van der Waals surface area (Å²) >= 11 is 6.19. The second kappa shape index (κ2) is 11.8. The van der Waals surface area contributed by atoms with Gasteiger partial charge in [-0.25, -0.2) is 8.42 Å². The molecule has 0 unspecified atom stereocenters. The van der Waals surface area contributed by atoms with Gasteiger partial charge in [0.05, 0.1) is 36.7 Å². The lowest BCUT2D eigenvalue weighted by Crippen LogP contribution is -2.45. The Morgan fingerprint density at radius 3 is 2.53 bits per heavy atom. The van der Waals surface area contributed by atoms with Gasteiger partial charge in [0.1, 0.15) is 5.75 Å². The average Bonchev–Trinajstić information content (AvgIpc) is 2.85. The number of nitrogens with one attached hydrogen (secondary N) is 1. The van der Waals surface area contributed by atoms with E-state index < -0.39 is 15.9 Å². The van der Waals surface area contributed by atoms with Crippen LogP contribution in [-0.4, -0.2) is 59.1 Å². The standard InChI is InChI=1S/C24H31ClN2O6S/c1-4-33-21-10-8-19(15-20(21)25)34(29,30)27-13-5-6-18(16-27)24(28)26-12-11-17-7-9-22(31-2)23(14-17)32-3/h7-10,14-15,18H,4-6,11-13,16H2,1-3H3,(H,26,28)/t18-/m0/s1. The molecule has 0 spiro atoms. The molecule has 3 rings (SSSR count). The minimum Gasteiger partial charge on any atom is -0.493 e. The number of benzene rings is 2. The number of hydrogen-bond donors (Lipinski definition) is 1. The molecule has 0 saturated carbocycles. The molecule has 0 radical (unpaired) electrons. The highest BCUT2D eigenvalue weighted by Gasteiger charge is 2.33. The van der Waals surface area contributed by atoms with Crippen molar-refractivity contribution >= 4 is 27.5 Å². The minimum atomic E-state index is -3.77. The summed E-state index contributed by atoms with van der Waals surface area (Å²) in [7, 11) is -0.617. The molecule has 10 heteroatoms. The van der Waals surface area contributed by atoms with Crippen molar-refractivity contribution in [1.82, 2.24) is 9.62 Å². The summed E-state index contributed by atoms with van der Waals surface area (Å²) in [6.45, 7) is 3.19. The van der Waals surface area contributed by atoms with Gasteiger partial charge in [-0.1, -0.05) is 17.7 Å². The van der Waals surface area contributed by atoms with Crippen LogP contribution >= 0.6 is 11.6 Å². The maximum Gasteiger partial charge on any atom is 0.243 e. The van der Waals surface area contributed by atoms with Crippen LogP contribution in [0.3, 0.4) is 0 Å². The predicted molar refractivity (Wildman–Crippen MR) is 130 cm³/mol. The number of nitrogens with zero attached hydrogens (tertiary/aromatic N) is 1. The van der Waals surface area contributed by atoms with Crippen LogP contribution in [0.5, 0.6) is 17.2 Å². The van der Waals surface area contributed by atoms with Crippen LogP contribution in [-0.2, 0) is 21.2 Å². The molecule has 0 bridgehead atoms. The van der Waals surface area contributed by atoms with E-state index in [4.69, 9.17) is 25.8 Å². The van der Waals surface area contributed by atoms with Gasteiger partial charge in [0.15, 0.2) is 11.5 Å². The molecule has 8 nitrogen and oxygen atoms in total. The largest absolute Gasteiger partial charge is 0.493 e. The number of halogens is 1. The van der Waals surface area contributed by atoms with Gasteiger partial charge in [0.2, 0.25) is 15.9 Å². The lowest BCUT2D eigenvalue weighted by Gasteiger charge is -2.31. The fraction of sp³-hybridized carbons (Fsp3) is 0.458. The molecule has 1 saturated heterocycles. The Morgan fingerprint density at radius 1 is 1.12 bits per heavy atom. The van der Waals surface area contributed by atoms with Gasteiger partial charge in [-0.15, -0.1) is 0 Å². The van der Waals surface area contributed by atoms with Crippen LogP contribution in [0.2, 0.25) is 5.02 Å². The van der Waals surface area contributed by atoms with Crippen molar-refractivity contribution in [3.63, 3.8) is 0 Å². The third-order valence-corrected chi connectivity index (χ3v) is 7.91. The number of methoxy groups -OCH3 is 2. The Bertz CT molecular complexity index is 1110. The zero-order valence-corrected chi connectivity index (χ0v) is 21.2. The van der Waals surface area contributed by atoms with Crippen molar-refractivity contribution in [2.45, 2.75) is 31.1 Å². The Morgan fingerprint density at radius 2 is 1.85 bits per heavy atom. The average molecular weight is 511 g/mol. The molecule has 1 aliphatic heterocycles. The molecule has 2 aromatic rings. The van der Waals surface area contributed by atoms with E-state index in [0.29, 0.717) is 56.2 Å². The first-order valence-electron chi connectivity index (χ1n) is 11.2. The van der Waals surface area contributed by atoms with Crippen LogP contribution in [0.1, 0.15) is 25.3 Å². The van der Waals surface area contributed by atoms with Crippen molar-refractivity contribution in [3.8, 4) is 17.2 Å². The molecule has 186 valence electrons. The number of piperidine rings is 1. The van der Waals surface area contributed by atoms with Crippen LogP contribution in [0.15, 0.2) is 41.3 Å². The molecule has 1 N–H and O–H groups in total. The van der Waals surface area contributed by atoms with Crippen molar-refractivity contribution in [2.75, 3.05) is 40.5 Å². The number of ether oxygens (including phenoxy) is 3. The maximum atomic E-state index is 13.2. The van der Waals surface area contributed by atoms with Crippen molar-refractivity contribution < 1.29 is 27.4 Å². The van der Waals surface area contributed by atoms with Gasteiger partial charge in [0.25, 0.3) is 0 Å². The first-order chi connectivity index (χ1) is 16.3. The number of sulfonamides is 1. The molecule has 1 amide bonds. The Labute approximate surface area is 206 Å². The fourth-order valence-corrected chi connectivity index (χ4v) is 5.80. The lowest BCUT2D eigenvalue weighted by molar-refractivity contribution is -0.126. The number of amides is 1. The highest BCUT2D eigenvalue weighted by Crippen LogP contribution is 2.31. The number of carbonyl (C=O) groups is 1. The molecule has 1 aliphatic rings. The fourth-order valence-electron chi connectivity index (χ4n) is 3.95. The smallest absolute Gasteiger partial charge is 0.243 e. The predicted octanol–water partition coefficient (Wildman–Crippen LogP) is 3.52. The van der Waals surface area contributed by atoms with E-state index in [1.165, 1.54) is 16.4 Å². The van der Waals surface area contributed by atoms with E-state index >= 15 is 0 Å². The second-order valence-corrected chi connectivity index (χ2v) is 10.3. The number of hydrogen-bond acceptors (Lipinski definition) is 6. The highest BCUT2D eigenvalue weighted by atomic mass is 35.5. The Balaban J connectivity index is 1.59. The van der Waals surface area contributed by atoms with Crippen LogP contribution in [0.25, 0.3) is 0 Å². The van der Waals surface area contributed by atoms with Crippen molar-refractivity contribution in [2.24, 2.45) is 5.92 Å². The monoisotopic (exact) mass is 510 g/mol. The van der Waals surface area contributed by atoms with E-state index in [9.17, 15) is 13.2 Å². The lowest BCUT2D eigenvalue weighted by atomic mass is 9.99. The molecule has 2 aromatic carbocycles. The molecule has 0 aliphatic carbocycles. The van der Waals surface area contributed by atoms with E-state index in [-0.39, 0.29) is 22.4 Å². The summed E-state index contributed by atoms with van der Waals surface area (Å²) in [5.74, 6) is 1.16. The summed E-state index contributed by atoms with van der Waals surface area (Å²) in [6, 6.07) is 10.1. The maximum absolute atomic E-state index is 13.2. The van der Waals surface area contributed by atoms with E-state index in [1.807, 2.05) is 25.1 Å². The van der Waals surface area contributed by atoms with Crippen LogP contribution in [0.4, 0.5) is 0 Å². The summed E-state index contributed by atoms with van der Waals surface area (Å²) in [5, 5.41) is 3.18. The van der Waals surface area contributed by atoms with Crippen LogP contribution < -0.4 is 19.5 Å². The van der Waals surface area contributed by atoms with Crippen molar-refractivity contribution in [3.05, 3.63) is 47.0 Å². The Kier molecular flexibility index (Phi) is 9.04. The van der Waals surface area contributed by atoms with E-state index in [1.54, 1.807) is 20.3 Å². The zero-order chi connectivity index (χ0) is 24.7. The second-order valence-electron chi connectivity index (χ2n) is 7.96. The third kappa shape index (κ3) is 6.14. The molecule has 34 heavy (non-hydrogen) atoms. The first-order valence-corrected chi connectivity index (χ1v) is 13.0. The van der Waals surface area contributed by atoms with Gasteiger partial charge >= 0.3 is 0 Å². The molecular formula is C24H31ClN2O6S. The summed E-state index contributed by atoms with van der Waals surface area (Å²) in [4.78, 5) is 12.9. The SMILES string of the molecule is CCOc1ccc(S(=O)(=O)N2CCC[C@H](C(=O)NCCc3ccc(OC)c(OC)c3)C2)cc1Cl. The quantitative estimate of drug-likeness (QED) is 0.525. The molecular weight excluding hydrogens is 480 g/mol. The summed E-state index contributed by atoms with van der Waals surface area (Å²) < 4.78 is 43.6. The number of rotatable bonds is 10. The van der Waals surface area contributed by atoms with Gasteiger partial charge in [-0.3, -0.25) is 4.79 Å². The molecule has 1 heterocycles. The van der Waals surface area contributed by atoms with Gasteiger partial charge in [-0.2, -0.15) is 4.31 Å². The summed E-state index contributed by atoms with van der Waals surface area (Å²) in [6.07, 6.45) is 1.86. The number of carbonyl (C=O) groups excluding carboxylic acids is 1. The summed E-state index contributed by atoms with van der Waals surface area (Å²) in [5.41, 5.74) is 0.998. The first kappa shape index (κ1) is 26.1. The van der Waals surface area contributed by atoms with Crippen LogP contribution in [0, 0.1) is 5.92 Å². The molecule has 1 atom stereocenters. The molecule has 1 fully saturated rings. The van der Waals surface area contributed by atoms with Gasteiger partial charge in [0, 0.05) is 19.6 Å². The van der Waals surface area contributed by atoms with Gasteiger partial charge in [-0.05, 0) is 62.1 Å². The topological polar surface area (TPSA) is 94.2 Å². The third-order valence-electron chi connectivity index (χ3n) is 5.76. The minimum absolute atomic E-state index is 0.0930. The zero-order valence-electron chi connectivity index (χ0n) is 19.7. The van der Waals surface area contributed by atoms with E-state index in [2.05, 4.69) is 5.32 Å². The molecule has 0 aromatic heterocycles. The Hall–Kier alpha value is -2.49. The van der Waals surface area contributed by atoms with Gasteiger partial charge < -0.3 is 19.5 Å². The highest BCUT2D eigenvalue weighted by molar-refractivity contribution is 7.89. The normalized spacial score (nSPS) is 16.6. The van der Waals surface area contributed by atoms with Crippen molar-refractivity contribution in [1.29, 1.82) is 0 Å².